The second-order valence-electron chi connectivity index (χ2n) is 5.90. The van der Waals surface area contributed by atoms with Gasteiger partial charge in [-0.05, 0) is 19.3 Å². The van der Waals surface area contributed by atoms with E-state index < -0.39 is 0 Å². The SMILES string of the molecule is CCCc1cc(=O)[nH]c(SCCCCC(C)(C)C(=N)N)n1. The van der Waals surface area contributed by atoms with E-state index in [9.17, 15) is 4.79 Å². The van der Waals surface area contributed by atoms with Crippen molar-refractivity contribution >= 4 is 17.6 Å². The molecule has 5 nitrogen and oxygen atoms in total. The van der Waals surface area contributed by atoms with Gasteiger partial charge >= 0.3 is 0 Å². The van der Waals surface area contributed by atoms with Crippen LogP contribution < -0.4 is 11.3 Å². The topological polar surface area (TPSA) is 95.6 Å². The van der Waals surface area contributed by atoms with Gasteiger partial charge < -0.3 is 10.7 Å². The fourth-order valence-corrected chi connectivity index (χ4v) is 2.80. The second kappa shape index (κ2) is 8.22. The van der Waals surface area contributed by atoms with Crippen LogP contribution >= 0.6 is 11.8 Å². The molecule has 6 heteroatoms. The van der Waals surface area contributed by atoms with E-state index in [0.29, 0.717) is 5.16 Å². The molecule has 0 aliphatic heterocycles. The van der Waals surface area contributed by atoms with Crippen LogP contribution in [-0.2, 0) is 6.42 Å². The number of nitrogens with zero attached hydrogens (tertiary/aromatic N) is 1. The van der Waals surface area contributed by atoms with Crippen LogP contribution in [0.3, 0.4) is 0 Å². The maximum Gasteiger partial charge on any atom is 0.251 e. The lowest BCUT2D eigenvalue weighted by molar-refractivity contribution is 0.448. The molecule has 21 heavy (non-hydrogen) atoms. The van der Waals surface area contributed by atoms with Crippen molar-refractivity contribution in [3.05, 3.63) is 22.1 Å². The van der Waals surface area contributed by atoms with Gasteiger partial charge in [0.05, 0.1) is 5.84 Å². The van der Waals surface area contributed by atoms with Crippen molar-refractivity contribution in [1.82, 2.24) is 9.97 Å². The summed E-state index contributed by atoms with van der Waals surface area (Å²) in [6.45, 7) is 6.07. The van der Waals surface area contributed by atoms with Gasteiger partial charge in [-0.15, -0.1) is 0 Å². The molecule has 0 bridgehead atoms. The molecule has 0 saturated carbocycles. The number of aryl methyl sites for hydroxylation is 1. The number of H-pyrrole nitrogens is 1. The van der Waals surface area contributed by atoms with Gasteiger partial charge in [0.1, 0.15) is 0 Å². The number of hydrogen-bond acceptors (Lipinski definition) is 4. The van der Waals surface area contributed by atoms with Crippen molar-refractivity contribution in [2.45, 2.75) is 58.0 Å². The summed E-state index contributed by atoms with van der Waals surface area (Å²) in [4.78, 5) is 18.8. The number of aromatic nitrogens is 2. The van der Waals surface area contributed by atoms with E-state index >= 15 is 0 Å². The minimum atomic E-state index is -0.224. The first-order valence-corrected chi connectivity index (χ1v) is 8.41. The number of aromatic amines is 1. The summed E-state index contributed by atoms with van der Waals surface area (Å²) in [7, 11) is 0. The van der Waals surface area contributed by atoms with Crippen LogP contribution in [0.4, 0.5) is 0 Å². The molecule has 0 amide bonds. The third-order valence-electron chi connectivity index (χ3n) is 3.44. The van der Waals surface area contributed by atoms with Crippen molar-refractivity contribution in [3.8, 4) is 0 Å². The lowest BCUT2D eigenvalue weighted by Crippen LogP contribution is -2.30. The molecule has 118 valence electrons. The average molecular weight is 310 g/mol. The summed E-state index contributed by atoms with van der Waals surface area (Å²) in [5, 5.41) is 8.23. The van der Waals surface area contributed by atoms with Crippen LogP contribution in [0.2, 0.25) is 0 Å². The van der Waals surface area contributed by atoms with E-state index in [1.165, 1.54) is 0 Å². The lowest BCUT2D eigenvalue weighted by atomic mass is 9.86. The largest absolute Gasteiger partial charge is 0.387 e. The highest BCUT2D eigenvalue weighted by atomic mass is 32.2. The van der Waals surface area contributed by atoms with Crippen molar-refractivity contribution < 1.29 is 0 Å². The van der Waals surface area contributed by atoms with Crippen LogP contribution in [0.15, 0.2) is 16.0 Å². The predicted molar refractivity (Wildman–Crippen MR) is 89.1 cm³/mol. The molecule has 0 atom stereocenters. The van der Waals surface area contributed by atoms with Gasteiger partial charge in [-0.1, -0.05) is 45.4 Å². The number of amidine groups is 1. The maximum absolute atomic E-state index is 11.5. The molecule has 0 saturated heterocycles. The smallest absolute Gasteiger partial charge is 0.251 e. The van der Waals surface area contributed by atoms with Crippen LogP contribution in [0.25, 0.3) is 0 Å². The lowest BCUT2D eigenvalue weighted by Gasteiger charge is -2.22. The Morgan fingerprint density at radius 2 is 2.19 bits per heavy atom. The van der Waals surface area contributed by atoms with Gasteiger partial charge in [-0.2, -0.15) is 0 Å². The van der Waals surface area contributed by atoms with Crippen molar-refractivity contribution in [3.63, 3.8) is 0 Å². The summed E-state index contributed by atoms with van der Waals surface area (Å²) >= 11 is 1.58. The standard InChI is InChI=1S/C15H26N4OS/c1-4-7-11-10-12(20)19-14(18-11)21-9-6-5-8-15(2,3)13(16)17/h10H,4-9H2,1-3H3,(H3,16,17)(H,18,19,20). The van der Waals surface area contributed by atoms with Crippen molar-refractivity contribution in [2.24, 2.45) is 11.1 Å². The highest BCUT2D eigenvalue weighted by molar-refractivity contribution is 7.99. The summed E-state index contributed by atoms with van der Waals surface area (Å²) < 4.78 is 0. The quantitative estimate of drug-likeness (QED) is 0.215. The number of unbranched alkanes of at least 4 members (excludes halogenated alkanes) is 1. The zero-order valence-corrected chi connectivity index (χ0v) is 14.0. The molecule has 1 rings (SSSR count). The molecule has 4 N–H and O–H groups in total. The van der Waals surface area contributed by atoms with E-state index in [1.54, 1.807) is 17.8 Å². The summed E-state index contributed by atoms with van der Waals surface area (Å²) in [5.74, 6) is 1.15. The van der Waals surface area contributed by atoms with Gasteiger partial charge in [0.25, 0.3) is 5.56 Å². The minimum absolute atomic E-state index is 0.0753. The number of rotatable bonds is 9. The molecule has 0 spiro atoms. The Balaban J connectivity index is 2.39. The fourth-order valence-electron chi connectivity index (χ4n) is 1.91. The number of nitrogens with two attached hydrogens (primary N) is 1. The first-order chi connectivity index (χ1) is 9.85. The summed E-state index contributed by atoms with van der Waals surface area (Å²) in [5.41, 5.74) is 6.13. The average Bonchev–Trinajstić information content (AvgIpc) is 2.37. The first kappa shape index (κ1) is 17.8. The Kier molecular flexibility index (Phi) is 6.95. The summed E-state index contributed by atoms with van der Waals surface area (Å²) in [6.07, 6.45) is 4.76. The Hall–Kier alpha value is -1.30. The van der Waals surface area contributed by atoms with Crippen LogP contribution in [0.1, 0.15) is 52.1 Å². The molecule has 0 unspecified atom stereocenters. The Morgan fingerprint density at radius 1 is 1.48 bits per heavy atom. The van der Waals surface area contributed by atoms with E-state index in [4.69, 9.17) is 11.1 Å². The van der Waals surface area contributed by atoms with Crippen molar-refractivity contribution in [2.75, 3.05) is 5.75 Å². The Bertz CT molecular complexity index is 525. The normalized spacial score (nSPS) is 11.6. The van der Waals surface area contributed by atoms with Crippen LogP contribution in [0.5, 0.6) is 0 Å². The molecule has 1 aromatic heterocycles. The maximum atomic E-state index is 11.5. The molecule has 1 heterocycles. The molecule has 0 aliphatic rings. The van der Waals surface area contributed by atoms with E-state index in [2.05, 4.69) is 16.9 Å². The van der Waals surface area contributed by atoms with Gasteiger partial charge in [-0.3, -0.25) is 10.2 Å². The van der Waals surface area contributed by atoms with Gasteiger partial charge in [0.2, 0.25) is 0 Å². The van der Waals surface area contributed by atoms with Gasteiger partial charge in [0, 0.05) is 22.9 Å². The van der Waals surface area contributed by atoms with Gasteiger partial charge in [-0.25, -0.2) is 4.98 Å². The minimum Gasteiger partial charge on any atom is -0.387 e. The predicted octanol–water partition coefficient (Wildman–Crippen LogP) is 2.95. The second-order valence-corrected chi connectivity index (χ2v) is 6.98. The molecule has 0 radical (unpaired) electrons. The van der Waals surface area contributed by atoms with E-state index in [1.807, 2.05) is 13.8 Å². The van der Waals surface area contributed by atoms with Crippen LogP contribution in [-0.4, -0.2) is 21.6 Å². The monoisotopic (exact) mass is 310 g/mol. The fraction of sp³-hybridized carbons (Fsp3) is 0.667. The highest BCUT2D eigenvalue weighted by Crippen LogP contribution is 2.24. The highest BCUT2D eigenvalue weighted by Gasteiger charge is 2.20. The zero-order valence-electron chi connectivity index (χ0n) is 13.2. The summed E-state index contributed by atoms with van der Waals surface area (Å²) in [6, 6.07) is 1.57. The van der Waals surface area contributed by atoms with Crippen LogP contribution in [0, 0.1) is 10.8 Å². The molecule has 0 aromatic carbocycles. The first-order valence-electron chi connectivity index (χ1n) is 7.42. The Labute approximate surface area is 130 Å². The Morgan fingerprint density at radius 3 is 2.81 bits per heavy atom. The number of thioether (sulfide) groups is 1. The molecule has 0 fully saturated rings. The van der Waals surface area contributed by atoms with Crippen molar-refractivity contribution in [1.29, 1.82) is 5.41 Å². The van der Waals surface area contributed by atoms with E-state index in [0.717, 1.165) is 43.6 Å². The molecular formula is C15H26N4OS. The van der Waals surface area contributed by atoms with E-state index in [-0.39, 0.29) is 16.8 Å². The molecule has 1 aromatic rings. The molecular weight excluding hydrogens is 284 g/mol. The number of hydrogen-bond donors (Lipinski definition) is 3. The number of nitrogens with one attached hydrogen (secondary N) is 2. The molecule has 0 aliphatic carbocycles. The van der Waals surface area contributed by atoms with Gasteiger partial charge in [0.15, 0.2) is 5.16 Å². The third-order valence-corrected chi connectivity index (χ3v) is 4.40. The third kappa shape index (κ3) is 6.33. The zero-order chi connectivity index (χ0) is 15.9.